The molecular weight excluding hydrogens is 575 g/mol. The SMILES string of the molecule is CSc1cccc(N2c3cc(SC)ccc3B3c4c2cc2oc5ccccc5c2c4-c2cccc4c5ccccc5n3c24)c1. The Morgan fingerprint density at radius 2 is 1.41 bits per heavy atom. The summed E-state index contributed by atoms with van der Waals surface area (Å²) in [5, 5.41) is 4.97. The summed E-state index contributed by atoms with van der Waals surface area (Å²) >= 11 is 3.57. The Morgan fingerprint density at radius 1 is 0.636 bits per heavy atom. The van der Waals surface area contributed by atoms with Crippen molar-refractivity contribution in [3.05, 3.63) is 115 Å². The van der Waals surface area contributed by atoms with Gasteiger partial charge in [-0.1, -0.05) is 66.7 Å². The first-order valence-electron chi connectivity index (χ1n) is 14.9. The molecule has 10 rings (SSSR count). The molecule has 0 unspecified atom stereocenters. The lowest BCUT2D eigenvalue weighted by Gasteiger charge is -2.40. The highest BCUT2D eigenvalue weighted by Crippen LogP contribution is 2.49. The van der Waals surface area contributed by atoms with Crippen molar-refractivity contribution in [3.63, 3.8) is 0 Å². The molecule has 0 saturated heterocycles. The number of nitrogens with zero attached hydrogens (tertiary/aromatic N) is 2. The van der Waals surface area contributed by atoms with Gasteiger partial charge >= 0.3 is 6.85 Å². The van der Waals surface area contributed by atoms with E-state index in [-0.39, 0.29) is 6.85 Å². The van der Waals surface area contributed by atoms with Crippen molar-refractivity contribution in [1.82, 2.24) is 4.48 Å². The molecule has 2 aliphatic rings. The molecule has 2 aromatic heterocycles. The van der Waals surface area contributed by atoms with Gasteiger partial charge in [-0.05, 0) is 71.5 Å². The molecule has 0 saturated carbocycles. The average molecular weight is 601 g/mol. The second kappa shape index (κ2) is 9.01. The van der Waals surface area contributed by atoms with Crippen LogP contribution < -0.4 is 15.8 Å². The number of hydrogen-bond acceptors (Lipinski definition) is 4. The second-order valence-corrected chi connectivity index (χ2v) is 13.4. The highest BCUT2D eigenvalue weighted by atomic mass is 32.2. The van der Waals surface area contributed by atoms with Crippen LogP contribution >= 0.6 is 23.5 Å². The maximum atomic E-state index is 6.68. The first-order valence-corrected chi connectivity index (χ1v) is 17.3. The molecule has 0 radical (unpaired) electrons. The molecule has 0 fully saturated rings. The van der Waals surface area contributed by atoms with Crippen LogP contribution in [0.4, 0.5) is 17.1 Å². The topological polar surface area (TPSA) is 21.3 Å². The molecule has 3 nitrogen and oxygen atoms in total. The third-order valence-electron chi connectivity index (χ3n) is 9.54. The standard InChI is InChI=1S/C38H25BN2OS2/c1-43-23-10-7-9-22(19-23)40-31-20-24(44-2)17-18-29(31)39-37-32(40)21-34-35(27-12-4-6-16-33(27)42-34)36(37)28-14-8-13-26-25-11-3-5-15-30(25)41(39)38(26)28/h3-21H,1-2H3. The van der Waals surface area contributed by atoms with Gasteiger partial charge in [0.15, 0.2) is 0 Å². The monoisotopic (exact) mass is 600 g/mol. The van der Waals surface area contributed by atoms with Crippen LogP contribution in [0.25, 0.3) is 54.9 Å². The van der Waals surface area contributed by atoms with Crippen LogP contribution in [-0.2, 0) is 0 Å². The van der Waals surface area contributed by atoms with Crippen molar-refractivity contribution in [3.8, 4) is 11.1 Å². The molecule has 2 aliphatic heterocycles. The molecule has 0 amide bonds. The number of thioether (sulfide) groups is 2. The van der Waals surface area contributed by atoms with Crippen molar-refractivity contribution in [2.24, 2.45) is 0 Å². The number of benzene rings is 6. The fraction of sp³-hybridized carbons (Fsp3) is 0.0526. The van der Waals surface area contributed by atoms with E-state index in [2.05, 4.69) is 137 Å². The fourth-order valence-corrected chi connectivity index (χ4v) is 8.70. The minimum Gasteiger partial charge on any atom is -0.456 e. The van der Waals surface area contributed by atoms with Crippen molar-refractivity contribution >= 4 is 102 Å². The number of furan rings is 1. The zero-order valence-electron chi connectivity index (χ0n) is 24.2. The first kappa shape index (κ1) is 24.9. The van der Waals surface area contributed by atoms with Crippen LogP contribution in [0.15, 0.2) is 129 Å². The lowest BCUT2D eigenvalue weighted by atomic mass is 9.45. The zero-order chi connectivity index (χ0) is 29.1. The molecule has 0 atom stereocenters. The predicted octanol–water partition coefficient (Wildman–Crippen LogP) is 9.56. The third kappa shape index (κ3) is 3.12. The van der Waals surface area contributed by atoms with Gasteiger partial charge in [0.2, 0.25) is 0 Å². The minimum atomic E-state index is 0.0150. The van der Waals surface area contributed by atoms with Crippen LogP contribution in [0.1, 0.15) is 0 Å². The second-order valence-electron chi connectivity index (χ2n) is 11.6. The van der Waals surface area contributed by atoms with Gasteiger partial charge in [-0.2, -0.15) is 0 Å². The Morgan fingerprint density at radius 3 is 2.30 bits per heavy atom. The van der Waals surface area contributed by atoms with Crippen LogP contribution in [-0.4, -0.2) is 23.8 Å². The zero-order valence-corrected chi connectivity index (χ0v) is 25.8. The molecule has 8 aromatic rings. The summed E-state index contributed by atoms with van der Waals surface area (Å²) in [5.74, 6) is 0. The van der Waals surface area contributed by atoms with E-state index in [1.807, 2.05) is 0 Å². The highest BCUT2D eigenvalue weighted by molar-refractivity contribution is 7.98. The van der Waals surface area contributed by atoms with Gasteiger partial charge in [0.25, 0.3) is 0 Å². The van der Waals surface area contributed by atoms with E-state index in [0.717, 1.165) is 16.9 Å². The summed E-state index contributed by atoms with van der Waals surface area (Å²) in [7, 11) is 0. The van der Waals surface area contributed by atoms with Crippen molar-refractivity contribution in [2.75, 3.05) is 17.4 Å². The number of aromatic nitrogens is 1. The third-order valence-corrected chi connectivity index (χ3v) is 11.0. The Hall–Kier alpha value is -4.52. The lowest BCUT2D eigenvalue weighted by molar-refractivity contribution is 0.669. The van der Waals surface area contributed by atoms with E-state index in [9.17, 15) is 0 Å². The summed E-state index contributed by atoms with van der Waals surface area (Å²) < 4.78 is 9.30. The summed E-state index contributed by atoms with van der Waals surface area (Å²) in [6.45, 7) is 0.0150. The minimum absolute atomic E-state index is 0.0150. The van der Waals surface area contributed by atoms with E-state index in [4.69, 9.17) is 4.42 Å². The van der Waals surface area contributed by atoms with Crippen LogP contribution in [0.2, 0.25) is 0 Å². The molecule has 44 heavy (non-hydrogen) atoms. The summed E-state index contributed by atoms with van der Waals surface area (Å²) in [6, 6.07) is 42.5. The normalized spacial score (nSPS) is 13.3. The van der Waals surface area contributed by atoms with E-state index in [1.165, 1.54) is 75.8 Å². The van der Waals surface area contributed by atoms with Gasteiger partial charge in [0.1, 0.15) is 11.2 Å². The molecule has 4 heterocycles. The Kier molecular flexibility index (Phi) is 5.09. The van der Waals surface area contributed by atoms with Crippen molar-refractivity contribution in [2.45, 2.75) is 9.79 Å². The van der Waals surface area contributed by atoms with E-state index < -0.39 is 0 Å². The van der Waals surface area contributed by atoms with Gasteiger partial charge in [0, 0.05) is 71.1 Å². The molecule has 208 valence electrons. The van der Waals surface area contributed by atoms with E-state index in [0.29, 0.717) is 0 Å². The molecule has 0 aliphatic carbocycles. The van der Waals surface area contributed by atoms with E-state index in [1.54, 1.807) is 23.5 Å². The quantitative estimate of drug-likeness (QED) is 0.149. The summed E-state index contributed by atoms with van der Waals surface area (Å²) in [4.78, 5) is 4.98. The van der Waals surface area contributed by atoms with Crippen molar-refractivity contribution in [1.29, 1.82) is 0 Å². The van der Waals surface area contributed by atoms with Gasteiger partial charge < -0.3 is 13.8 Å². The van der Waals surface area contributed by atoms with Crippen LogP contribution in [0.3, 0.4) is 0 Å². The summed E-state index contributed by atoms with van der Waals surface area (Å²) in [6.07, 6.45) is 4.31. The molecule has 0 N–H and O–H groups in total. The predicted molar refractivity (Wildman–Crippen MR) is 191 cm³/mol. The Bertz CT molecular complexity index is 2510. The maximum Gasteiger partial charge on any atom is 0.333 e. The van der Waals surface area contributed by atoms with Crippen molar-refractivity contribution < 1.29 is 4.42 Å². The van der Waals surface area contributed by atoms with Gasteiger partial charge in [-0.25, -0.2) is 0 Å². The number of fused-ring (bicyclic) bond motifs is 11. The average Bonchev–Trinajstić information content (AvgIpc) is 3.62. The van der Waals surface area contributed by atoms with Gasteiger partial charge in [0.05, 0.1) is 0 Å². The molecule has 6 heteroatoms. The Balaban J connectivity index is 1.46. The number of hydrogen-bond donors (Lipinski definition) is 0. The largest absolute Gasteiger partial charge is 0.456 e. The van der Waals surface area contributed by atoms with Crippen LogP contribution in [0.5, 0.6) is 0 Å². The highest BCUT2D eigenvalue weighted by Gasteiger charge is 2.44. The number of anilines is 3. The fourth-order valence-electron chi connectivity index (χ4n) is 7.81. The van der Waals surface area contributed by atoms with Gasteiger partial charge in [-0.15, -0.1) is 23.5 Å². The molecule has 6 aromatic carbocycles. The number of rotatable bonds is 3. The molecule has 0 bridgehead atoms. The molecule has 0 spiro atoms. The lowest BCUT2D eigenvalue weighted by Crippen LogP contribution is -2.56. The first-order chi connectivity index (χ1) is 21.7. The van der Waals surface area contributed by atoms with E-state index >= 15 is 0 Å². The smallest absolute Gasteiger partial charge is 0.333 e. The number of para-hydroxylation sites is 3. The summed E-state index contributed by atoms with van der Waals surface area (Å²) in [5.41, 5.74) is 13.2. The maximum absolute atomic E-state index is 6.68. The molecular formula is C38H25BN2OS2. The Labute approximate surface area is 263 Å². The van der Waals surface area contributed by atoms with Gasteiger partial charge in [-0.3, -0.25) is 0 Å². The van der Waals surface area contributed by atoms with Crippen LogP contribution in [0, 0.1) is 0 Å².